The normalized spacial score (nSPS) is 15.4. The van der Waals surface area contributed by atoms with Crippen LogP contribution in [0.1, 0.15) is 16.9 Å². The van der Waals surface area contributed by atoms with Crippen LogP contribution in [0.5, 0.6) is 0 Å². The van der Waals surface area contributed by atoms with Crippen LogP contribution in [-0.4, -0.2) is 27.3 Å². The second kappa shape index (κ2) is 8.85. The number of halogens is 2. The Bertz CT molecular complexity index is 1450. The number of nitrogens with one attached hydrogen (secondary N) is 1. The quantitative estimate of drug-likeness (QED) is 0.303. The van der Waals surface area contributed by atoms with E-state index in [1.807, 2.05) is 35.0 Å². The summed E-state index contributed by atoms with van der Waals surface area (Å²) in [5, 5.41) is 4.14. The molecule has 0 radical (unpaired) electrons. The molecule has 1 aliphatic heterocycles. The molecule has 5 rings (SSSR count). The highest BCUT2D eigenvalue weighted by Gasteiger charge is 2.36. The maximum atomic E-state index is 13.1. The number of imide groups is 2. The van der Waals surface area contributed by atoms with Crippen LogP contribution in [0.2, 0.25) is 10.0 Å². The standard InChI is InChI=1S/C25H17Cl2N3O4/c26-20-7-3-8-21(27)19(20)14-29-12-15(17-6-1-2-9-22(17)29)11-18-23(31)28-25(33)30(24(18)32)13-16-5-4-10-34-16/h1-12H,13-14H2,(H,28,31,33). The number of barbiturate groups is 1. The van der Waals surface area contributed by atoms with Crippen molar-refractivity contribution in [2.75, 3.05) is 0 Å². The van der Waals surface area contributed by atoms with E-state index in [0.717, 1.165) is 21.4 Å². The van der Waals surface area contributed by atoms with Crippen LogP contribution in [-0.2, 0) is 22.7 Å². The van der Waals surface area contributed by atoms with Gasteiger partial charge >= 0.3 is 6.03 Å². The van der Waals surface area contributed by atoms with Gasteiger partial charge in [-0.3, -0.25) is 19.8 Å². The number of hydrogen-bond acceptors (Lipinski definition) is 4. The predicted octanol–water partition coefficient (Wildman–Crippen LogP) is 5.25. The minimum Gasteiger partial charge on any atom is -0.467 e. The van der Waals surface area contributed by atoms with E-state index in [2.05, 4.69) is 5.32 Å². The average Bonchev–Trinajstić information content (AvgIpc) is 3.45. The Morgan fingerprint density at radius 1 is 0.912 bits per heavy atom. The number of furan rings is 1. The van der Waals surface area contributed by atoms with Gasteiger partial charge in [0.2, 0.25) is 0 Å². The average molecular weight is 494 g/mol. The molecule has 0 atom stereocenters. The van der Waals surface area contributed by atoms with Crippen LogP contribution >= 0.6 is 23.2 Å². The number of benzene rings is 2. The third-order valence-electron chi connectivity index (χ3n) is 5.59. The molecule has 7 nitrogen and oxygen atoms in total. The molecule has 2 aromatic heterocycles. The summed E-state index contributed by atoms with van der Waals surface area (Å²) in [6, 6.07) is 15.4. The molecule has 0 bridgehead atoms. The zero-order valence-corrected chi connectivity index (χ0v) is 19.1. The first kappa shape index (κ1) is 22.0. The third-order valence-corrected chi connectivity index (χ3v) is 6.30. The summed E-state index contributed by atoms with van der Waals surface area (Å²) in [6.45, 7) is 0.306. The number of carbonyl (C=O) groups excluding carboxylic acids is 3. The molecule has 0 saturated carbocycles. The fourth-order valence-corrected chi connectivity index (χ4v) is 4.44. The Kier molecular flexibility index (Phi) is 5.73. The van der Waals surface area contributed by atoms with Crippen molar-refractivity contribution in [2.24, 2.45) is 0 Å². The summed E-state index contributed by atoms with van der Waals surface area (Å²) in [5.41, 5.74) is 2.12. The number of para-hydroxylation sites is 1. The lowest BCUT2D eigenvalue weighted by atomic mass is 10.1. The molecule has 1 fully saturated rings. The second-order valence-corrected chi connectivity index (χ2v) is 8.53. The van der Waals surface area contributed by atoms with Gasteiger partial charge in [-0.15, -0.1) is 0 Å². The van der Waals surface area contributed by atoms with E-state index in [9.17, 15) is 14.4 Å². The van der Waals surface area contributed by atoms with E-state index in [1.54, 1.807) is 30.3 Å². The number of nitrogens with zero attached hydrogens (tertiary/aromatic N) is 2. The van der Waals surface area contributed by atoms with Crippen molar-refractivity contribution in [2.45, 2.75) is 13.1 Å². The van der Waals surface area contributed by atoms with Gasteiger partial charge in [0.1, 0.15) is 11.3 Å². The van der Waals surface area contributed by atoms with Gasteiger partial charge in [0.15, 0.2) is 0 Å². The van der Waals surface area contributed by atoms with Gasteiger partial charge in [0.25, 0.3) is 11.8 Å². The molecular formula is C25H17Cl2N3O4. The molecule has 3 heterocycles. The smallest absolute Gasteiger partial charge is 0.331 e. The summed E-state index contributed by atoms with van der Waals surface area (Å²) in [5.74, 6) is -1.03. The first-order chi connectivity index (χ1) is 16.4. The lowest BCUT2D eigenvalue weighted by molar-refractivity contribution is -0.130. The molecule has 2 aromatic carbocycles. The molecule has 170 valence electrons. The van der Waals surface area contributed by atoms with Gasteiger partial charge in [-0.2, -0.15) is 0 Å². The van der Waals surface area contributed by atoms with E-state index in [4.69, 9.17) is 27.6 Å². The van der Waals surface area contributed by atoms with Crippen molar-refractivity contribution >= 4 is 58.0 Å². The number of aromatic nitrogens is 1. The van der Waals surface area contributed by atoms with Crippen LogP contribution in [0.3, 0.4) is 0 Å². The molecule has 1 saturated heterocycles. The number of amides is 4. The van der Waals surface area contributed by atoms with Crippen molar-refractivity contribution in [3.8, 4) is 0 Å². The van der Waals surface area contributed by atoms with Crippen LogP contribution in [0.4, 0.5) is 4.79 Å². The van der Waals surface area contributed by atoms with Gasteiger partial charge in [0, 0.05) is 38.3 Å². The Hall–Kier alpha value is -3.81. The molecule has 0 unspecified atom stereocenters. The highest BCUT2D eigenvalue weighted by molar-refractivity contribution is 6.36. The Morgan fingerprint density at radius 2 is 1.68 bits per heavy atom. The minimum atomic E-state index is -0.792. The summed E-state index contributed by atoms with van der Waals surface area (Å²) < 4.78 is 7.20. The van der Waals surface area contributed by atoms with E-state index < -0.39 is 17.8 Å². The first-order valence-electron chi connectivity index (χ1n) is 10.3. The molecule has 0 spiro atoms. The molecular weight excluding hydrogens is 477 g/mol. The van der Waals surface area contributed by atoms with Crippen molar-refractivity contribution in [3.63, 3.8) is 0 Å². The number of hydrogen-bond donors (Lipinski definition) is 1. The fourth-order valence-electron chi connectivity index (χ4n) is 3.93. The summed E-state index contributed by atoms with van der Waals surface area (Å²) >= 11 is 12.7. The Balaban J connectivity index is 1.55. The summed E-state index contributed by atoms with van der Waals surface area (Å²) in [7, 11) is 0. The van der Waals surface area contributed by atoms with Crippen LogP contribution in [0, 0.1) is 0 Å². The van der Waals surface area contributed by atoms with Crippen molar-refractivity contribution in [1.82, 2.24) is 14.8 Å². The topological polar surface area (TPSA) is 84.6 Å². The van der Waals surface area contributed by atoms with Crippen LogP contribution in [0.25, 0.3) is 17.0 Å². The molecule has 34 heavy (non-hydrogen) atoms. The molecule has 9 heteroatoms. The van der Waals surface area contributed by atoms with Crippen molar-refractivity contribution < 1.29 is 18.8 Å². The lowest BCUT2D eigenvalue weighted by Crippen LogP contribution is -2.53. The highest BCUT2D eigenvalue weighted by Crippen LogP contribution is 2.30. The van der Waals surface area contributed by atoms with Gasteiger partial charge in [0.05, 0.1) is 19.4 Å². The second-order valence-electron chi connectivity index (χ2n) is 7.72. The fraction of sp³-hybridized carbons (Fsp3) is 0.0800. The van der Waals surface area contributed by atoms with Crippen molar-refractivity contribution in [1.29, 1.82) is 0 Å². The van der Waals surface area contributed by atoms with Gasteiger partial charge < -0.3 is 8.98 Å². The Morgan fingerprint density at radius 3 is 2.41 bits per heavy atom. The Labute approximate surface area is 204 Å². The largest absolute Gasteiger partial charge is 0.467 e. The number of fused-ring (bicyclic) bond motifs is 1. The summed E-state index contributed by atoms with van der Waals surface area (Å²) in [6.07, 6.45) is 4.77. The van der Waals surface area contributed by atoms with Crippen LogP contribution in [0.15, 0.2) is 77.0 Å². The van der Waals surface area contributed by atoms with E-state index in [-0.39, 0.29) is 12.1 Å². The van der Waals surface area contributed by atoms with E-state index in [1.165, 1.54) is 12.3 Å². The van der Waals surface area contributed by atoms with Crippen LogP contribution < -0.4 is 5.32 Å². The molecule has 4 aromatic rings. The van der Waals surface area contributed by atoms with E-state index in [0.29, 0.717) is 27.9 Å². The molecule has 1 N–H and O–H groups in total. The zero-order valence-electron chi connectivity index (χ0n) is 17.6. The molecule has 4 amide bonds. The zero-order chi connectivity index (χ0) is 23.8. The monoisotopic (exact) mass is 493 g/mol. The highest BCUT2D eigenvalue weighted by atomic mass is 35.5. The number of urea groups is 1. The van der Waals surface area contributed by atoms with Crippen molar-refractivity contribution in [3.05, 3.63) is 99.6 Å². The minimum absolute atomic E-state index is 0.0882. The maximum absolute atomic E-state index is 13.1. The molecule has 1 aliphatic rings. The molecule has 0 aliphatic carbocycles. The van der Waals surface area contributed by atoms with Gasteiger partial charge in [-0.1, -0.05) is 47.5 Å². The summed E-state index contributed by atoms with van der Waals surface area (Å²) in [4.78, 5) is 38.9. The number of rotatable bonds is 5. The third kappa shape index (κ3) is 4.00. The number of carbonyl (C=O) groups is 3. The van der Waals surface area contributed by atoms with E-state index >= 15 is 0 Å². The van der Waals surface area contributed by atoms with Gasteiger partial charge in [-0.05, 0) is 36.4 Å². The first-order valence-corrected chi connectivity index (χ1v) is 11.1. The van der Waals surface area contributed by atoms with Gasteiger partial charge in [-0.25, -0.2) is 4.79 Å². The lowest BCUT2D eigenvalue weighted by Gasteiger charge is -2.25. The predicted molar refractivity (Wildman–Crippen MR) is 128 cm³/mol. The SMILES string of the molecule is O=C1NC(=O)N(Cc2ccco2)C(=O)C1=Cc1cn(Cc2c(Cl)cccc2Cl)c2ccccc12. The maximum Gasteiger partial charge on any atom is 0.331 e.